The standard InChI is InChI=1S/C19H18ClFN4O2/c1-26-16-7-12-15(8-17(16)27-11-5-6-22-9-11)23-10-24-19(12)25-14-4-2-3-13(20)18(14)21/h2-4,7-8,10-11,22H,5-6,9H2,1H3,(H,23,24,25)/t11-/m1/s1. The van der Waals surface area contributed by atoms with Crippen LogP contribution in [0, 0.1) is 5.82 Å². The lowest BCUT2D eigenvalue weighted by atomic mass is 10.2. The van der Waals surface area contributed by atoms with E-state index in [-0.39, 0.29) is 16.8 Å². The average Bonchev–Trinajstić information content (AvgIpc) is 3.18. The van der Waals surface area contributed by atoms with Crippen LogP contribution in [0.15, 0.2) is 36.7 Å². The zero-order chi connectivity index (χ0) is 18.8. The Morgan fingerprint density at radius 2 is 2.15 bits per heavy atom. The molecule has 0 amide bonds. The smallest absolute Gasteiger partial charge is 0.165 e. The van der Waals surface area contributed by atoms with Gasteiger partial charge in [0, 0.05) is 18.0 Å². The van der Waals surface area contributed by atoms with Gasteiger partial charge in [-0.1, -0.05) is 17.7 Å². The van der Waals surface area contributed by atoms with Crippen molar-refractivity contribution >= 4 is 34.0 Å². The third-order valence-corrected chi connectivity index (χ3v) is 4.73. The molecule has 2 heterocycles. The van der Waals surface area contributed by atoms with Crippen molar-refractivity contribution < 1.29 is 13.9 Å². The van der Waals surface area contributed by atoms with E-state index in [1.807, 2.05) is 6.07 Å². The Labute approximate surface area is 160 Å². The van der Waals surface area contributed by atoms with Gasteiger partial charge in [0.25, 0.3) is 0 Å². The fraction of sp³-hybridized carbons (Fsp3) is 0.263. The monoisotopic (exact) mass is 388 g/mol. The van der Waals surface area contributed by atoms with Crippen molar-refractivity contribution in [1.82, 2.24) is 15.3 Å². The van der Waals surface area contributed by atoms with Crippen LogP contribution in [0.25, 0.3) is 10.9 Å². The number of ether oxygens (including phenoxy) is 2. The van der Waals surface area contributed by atoms with Crippen LogP contribution in [0.2, 0.25) is 5.02 Å². The molecule has 1 fully saturated rings. The van der Waals surface area contributed by atoms with Gasteiger partial charge in [0.05, 0.1) is 23.3 Å². The van der Waals surface area contributed by atoms with Crippen molar-refractivity contribution in [2.24, 2.45) is 0 Å². The lowest BCUT2D eigenvalue weighted by Crippen LogP contribution is -2.19. The Hall–Kier alpha value is -2.64. The first-order valence-corrected chi connectivity index (χ1v) is 8.94. The summed E-state index contributed by atoms with van der Waals surface area (Å²) in [6.45, 7) is 1.73. The summed E-state index contributed by atoms with van der Waals surface area (Å²) in [5.74, 6) is 1.11. The van der Waals surface area contributed by atoms with Crippen molar-refractivity contribution in [3.8, 4) is 11.5 Å². The number of methoxy groups -OCH3 is 1. The van der Waals surface area contributed by atoms with Gasteiger partial charge in [0.2, 0.25) is 0 Å². The van der Waals surface area contributed by atoms with Gasteiger partial charge in [-0.25, -0.2) is 14.4 Å². The lowest BCUT2D eigenvalue weighted by Gasteiger charge is -2.17. The third-order valence-electron chi connectivity index (χ3n) is 4.43. The van der Waals surface area contributed by atoms with Gasteiger partial charge in [0.1, 0.15) is 18.2 Å². The summed E-state index contributed by atoms with van der Waals surface area (Å²) >= 11 is 5.86. The number of rotatable bonds is 5. The average molecular weight is 389 g/mol. The minimum atomic E-state index is -0.536. The van der Waals surface area contributed by atoms with E-state index in [0.717, 1.165) is 19.5 Å². The number of nitrogens with one attached hydrogen (secondary N) is 2. The summed E-state index contributed by atoms with van der Waals surface area (Å²) < 4.78 is 25.8. The molecule has 1 saturated heterocycles. The van der Waals surface area contributed by atoms with Crippen LogP contribution >= 0.6 is 11.6 Å². The molecule has 0 spiro atoms. The maximum absolute atomic E-state index is 14.2. The SMILES string of the molecule is COc1cc2c(Nc3cccc(Cl)c3F)ncnc2cc1O[C@@H]1CCNC1. The molecule has 3 aromatic rings. The van der Waals surface area contributed by atoms with Crippen LogP contribution in [0.5, 0.6) is 11.5 Å². The van der Waals surface area contributed by atoms with Gasteiger partial charge in [-0.15, -0.1) is 0 Å². The number of nitrogens with zero attached hydrogens (tertiary/aromatic N) is 2. The molecular weight excluding hydrogens is 371 g/mol. The number of hydrogen-bond acceptors (Lipinski definition) is 6. The molecule has 1 aromatic heterocycles. The van der Waals surface area contributed by atoms with Crippen molar-refractivity contribution in [3.05, 3.63) is 47.5 Å². The zero-order valence-corrected chi connectivity index (χ0v) is 15.4. The third kappa shape index (κ3) is 3.61. The molecule has 2 N–H and O–H groups in total. The topological polar surface area (TPSA) is 68.3 Å². The summed E-state index contributed by atoms with van der Waals surface area (Å²) in [6, 6.07) is 8.35. The Morgan fingerprint density at radius 1 is 1.26 bits per heavy atom. The molecule has 1 aliphatic heterocycles. The van der Waals surface area contributed by atoms with Gasteiger partial charge < -0.3 is 20.1 Å². The summed E-state index contributed by atoms with van der Waals surface area (Å²) in [5, 5.41) is 6.97. The zero-order valence-electron chi connectivity index (χ0n) is 14.6. The fourth-order valence-electron chi connectivity index (χ4n) is 3.05. The van der Waals surface area contributed by atoms with E-state index < -0.39 is 5.82 Å². The van der Waals surface area contributed by atoms with E-state index in [1.165, 1.54) is 12.4 Å². The van der Waals surface area contributed by atoms with Crippen molar-refractivity contribution in [3.63, 3.8) is 0 Å². The number of halogens is 2. The first-order chi connectivity index (χ1) is 13.2. The Bertz CT molecular complexity index is 979. The Morgan fingerprint density at radius 3 is 2.93 bits per heavy atom. The minimum absolute atomic E-state index is 0.0387. The molecular formula is C19H18ClFN4O2. The molecule has 8 heteroatoms. The summed E-state index contributed by atoms with van der Waals surface area (Å²) in [7, 11) is 1.58. The molecule has 0 aliphatic carbocycles. The highest BCUT2D eigenvalue weighted by Crippen LogP contribution is 2.36. The number of benzene rings is 2. The minimum Gasteiger partial charge on any atom is -0.493 e. The quantitative estimate of drug-likeness (QED) is 0.690. The molecule has 27 heavy (non-hydrogen) atoms. The van der Waals surface area contributed by atoms with Crippen LogP contribution in [0.4, 0.5) is 15.9 Å². The van der Waals surface area contributed by atoms with Gasteiger partial charge in [-0.2, -0.15) is 0 Å². The Balaban J connectivity index is 1.73. The molecule has 0 unspecified atom stereocenters. The van der Waals surface area contributed by atoms with Crippen molar-refractivity contribution in [2.75, 3.05) is 25.5 Å². The first kappa shape index (κ1) is 17.8. The molecule has 0 saturated carbocycles. The summed E-state index contributed by atoms with van der Waals surface area (Å²) in [6.07, 6.45) is 2.45. The van der Waals surface area contributed by atoms with E-state index >= 15 is 0 Å². The predicted octanol–water partition coefficient (Wildman–Crippen LogP) is 3.92. The van der Waals surface area contributed by atoms with Gasteiger partial charge in [-0.05, 0) is 31.2 Å². The summed E-state index contributed by atoms with van der Waals surface area (Å²) in [4.78, 5) is 8.55. The molecule has 4 rings (SSSR count). The second-order valence-corrected chi connectivity index (χ2v) is 6.61. The molecule has 0 bridgehead atoms. The Kier molecular flexibility index (Phi) is 4.96. The van der Waals surface area contributed by atoms with Crippen molar-refractivity contribution in [2.45, 2.75) is 12.5 Å². The predicted molar refractivity (Wildman–Crippen MR) is 103 cm³/mol. The van der Waals surface area contributed by atoms with E-state index in [4.69, 9.17) is 21.1 Å². The van der Waals surface area contributed by atoms with Crippen molar-refractivity contribution in [1.29, 1.82) is 0 Å². The molecule has 2 aromatic carbocycles. The molecule has 6 nitrogen and oxygen atoms in total. The van der Waals surface area contributed by atoms with E-state index in [0.29, 0.717) is 28.2 Å². The van der Waals surface area contributed by atoms with E-state index in [2.05, 4.69) is 20.6 Å². The first-order valence-electron chi connectivity index (χ1n) is 8.57. The van der Waals surface area contributed by atoms with Gasteiger partial charge in [-0.3, -0.25) is 0 Å². The number of hydrogen-bond donors (Lipinski definition) is 2. The van der Waals surface area contributed by atoms with Gasteiger partial charge >= 0.3 is 0 Å². The van der Waals surface area contributed by atoms with E-state index in [1.54, 1.807) is 25.3 Å². The molecule has 0 radical (unpaired) electrons. The van der Waals surface area contributed by atoms with Crippen LogP contribution < -0.4 is 20.1 Å². The number of anilines is 2. The number of aromatic nitrogens is 2. The van der Waals surface area contributed by atoms with E-state index in [9.17, 15) is 4.39 Å². The summed E-state index contributed by atoms with van der Waals surface area (Å²) in [5.41, 5.74) is 0.899. The van der Waals surface area contributed by atoms with Crippen LogP contribution in [0.3, 0.4) is 0 Å². The highest BCUT2D eigenvalue weighted by atomic mass is 35.5. The lowest BCUT2D eigenvalue weighted by molar-refractivity contribution is 0.213. The van der Waals surface area contributed by atoms with Crippen LogP contribution in [0.1, 0.15) is 6.42 Å². The largest absolute Gasteiger partial charge is 0.493 e. The van der Waals surface area contributed by atoms with Gasteiger partial charge in [0.15, 0.2) is 17.3 Å². The van der Waals surface area contributed by atoms with Crippen LogP contribution in [-0.2, 0) is 0 Å². The second-order valence-electron chi connectivity index (χ2n) is 6.20. The van der Waals surface area contributed by atoms with Crippen LogP contribution in [-0.4, -0.2) is 36.3 Å². The molecule has 140 valence electrons. The normalized spacial score (nSPS) is 16.5. The second kappa shape index (κ2) is 7.54. The molecule has 1 atom stereocenters. The maximum atomic E-state index is 14.2. The highest BCUT2D eigenvalue weighted by Gasteiger charge is 2.19. The fourth-order valence-corrected chi connectivity index (χ4v) is 3.23. The maximum Gasteiger partial charge on any atom is 0.165 e. The highest BCUT2D eigenvalue weighted by molar-refractivity contribution is 6.31. The molecule has 1 aliphatic rings. The number of fused-ring (bicyclic) bond motifs is 1.